The van der Waals surface area contributed by atoms with Crippen molar-refractivity contribution in [3.8, 4) is 0 Å². The first-order valence-corrected chi connectivity index (χ1v) is 4.94. The first kappa shape index (κ1) is 9.48. The monoisotopic (exact) mass is 229 g/mol. The number of nitrogens with one attached hydrogen (secondary N) is 1. The Morgan fingerprint density at radius 1 is 1.43 bits per heavy atom. The van der Waals surface area contributed by atoms with E-state index < -0.39 is 5.82 Å². The minimum Gasteiger partial charge on any atom is -0.254 e. The van der Waals surface area contributed by atoms with E-state index in [4.69, 9.17) is 11.6 Å². The summed E-state index contributed by atoms with van der Waals surface area (Å²) in [4.78, 5) is 4.51. The molecule has 2 aromatic rings. The molecule has 14 heavy (non-hydrogen) atoms. The molecule has 0 aliphatic heterocycles. The van der Waals surface area contributed by atoms with Crippen molar-refractivity contribution in [2.45, 2.75) is 10.1 Å². The first-order chi connectivity index (χ1) is 6.77. The molecular formula is C8H5ClFN3S. The lowest BCUT2D eigenvalue weighted by molar-refractivity contribution is 0.624. The van der Waals surface area contributed by atoms with E-state index in [0.717, 1.165) is 0 Å². The van der Waals surface area contributed by atoms with Crippen molar-refractivity contribution in [1.82, 2.24) is 15.2 Å². The van der Waals surface area contributed by atoms with Crippen molar-refractivity contribution in [2.75, 3.05) is 0 Å². The van der Waals surface area contributed by atoms with E-state index in [1.165, 1.54) is 24.2 Å². The Kier molecular flexibility index (Phi) is 2.69. The largest absolute Gasteiger partial charge is 0.254 e. The molecule has 0 amide bonds. The van der Waals surface area contributed by atoms with Crippen molar-refractivity contribution in [1.29, 1.82) is 0 Å². The minimum atomic E-state index is -0.434. The number of H-pyrrole nitrogens is 1. The van der Waals surface area contributed by atoms with Crippen LogP contribution in [0, 0.1) is 5.82 Å². The summed E-state index contributed by atoms with van der Waals surface area (Å²) < 4.78 is 13.0. The lowest BCUT2D eigenvalue weighted by atomic mass is 10.3. The maximum Gasteiger partial charge on any atom is 0.188 e. The van der Waals surface area contributed by atoms with Crippen LogP contribution in [0.3, 0.4) is 0 Å². The summed E-state index contributed by atoms with van der Waals surface area (Å²) in [6, 6.07) is 4.63. The smallest absolute Gasteiger partial charge is 0.188 e. The van der Waals surface area contributed by atoms with Gasteiger partial charge >= 0.3 is 0 Å². The van der Waals surface area contributed by atoms with Crippen LogP contribution < -0.4 is 0 Å². The highest BCUT2D eigenvalue weighted by Gasteiger charge is 2.08. The molecule has 0 aliphatic rings. The standard InChI is InChI=1S/C8H5ClFN3S/c9-7-5(10)2-1-3-6(7)14-8-11-4-12-13-8/h1-4H,(H,11,12,13). The van der Waals surface area contributed by atoms with Crippen molar-refractivity contribution in [3.63, 3.8) is 0 Å². The first-order valence-electron chi connectivity index (χ1n) is 3.74. The molecule has 0 atom stereocenters. The Bertz CT molecular complexity index is 432. The van der Waals surface area contributed by atoms with Crippen LogP contribution in [-0.4, -0.2) is 15.2 Å². The summed E-state index contributed by atoms with van der Waals surface area (Å²) >= 11 is 6.99. The number of hydrogen-bond donors (Lipinski definition) is 1. The summed E-state index contributed by atoms with van der Waals surface area (Å²) in [6.07, 6.45) is 1.38. The fourth-order valence-electron chi connectivity index (χ4n) is 0.910. The summed E-state index contributed by atoms with van der Waals surface area (Å²) in [5.41, 5.74) is 0. The molecule has 0 spiro atoms. The van der Waals surface area contributed by atoms with Gasteiger partial charge in [-0.15, -0.1) is 0 Å². The van der Waals surface area contributed by atoms with Gasteiger partial charge in [0.2, 0.25) is 0 Å². The van der Waals surface area contributed by atoms with Crippen LogP contribution in [0.2, 0.25) is 5.02 Å². The Balaban J connectivity index is 2.29. The molecule has 0 saturated heterocycles. The Morgan fingerprint density at radius 3 is 3.00 bits per heavy atom. The summed E-state index contributed by atoms with van der Waals surface area (Å²) in [6.45, 7) is 0. The van der Waals surface area contributed by atoms with Gasteiger partial charge in [-0.05, 0) is 23.9 Å². The van der Waals surface area contributed by atoms with Gasteiger partial charge in [0, 0.05) is 4.90 Å². The highest BCUT2D eigenvalue weighted by Crippen LogP contribution is 2.32. The third-order valence-electron chi connectivity index (χ3n) is 1.52. The fraction of sp³-hybridized carbons (Fsp3) is 0. The zero-order valence-corrected chi connectivity index (χ0v) is 8.44. The average Bonchev–Trinajstić information content (AvgIpc) is 2.66. The zero-order valence-electron chi connectivity index (χ0n) is 6.87. The number of halogens is 2. The van der Waals surface area contributed by atoms with Gasteiger partial charge in [-0.3, -0.25) is 5.10 Å². The van der Waals surface area contributed by atoms with Crippen LogP contribution >= 0.6 is 23.4 Å². The molecule has 0 fully saturated rings. The van der Waals surface area contributed by atoms with Crippen molar-refractivity contribution in [3.05, 3.63) is 35.4 Å². The molecule has 0 aliphatic carbocycles. The van der Waals surface area contributed by atoms with Crippen molar-refractivity contribution < 1.29 is 4.39 Å². The van der Waals surface area contributed by atoms with Crippen LogP contribution in [0.5, 0.6) is 0 Å². The predicted octanol–water partition coefficient (Wildman–Crippen LogP) is 2.75. The SMILES string of the molecule is Fc1cccc(Sc2ncn[nH]2)c1Cl. The van der Waals surface area contributed by atoms with Gasteiger partial charge in [0.05, 0.1) is 5.02 Å². The van der Waals surface area contributed by atoms with E-state index in [0.29, 0.717) is 10.1 Å². The molecule has 3 nitrogen and oxygen atoms in total. The molecule has 72 valence electrons. The van der Waals surface area contributed by atoms with Crippen LogP contribution in [0.25, 0.3) is 0 Å². The Labute approximate surface area is 88.7 Å². The lowest BCUT2D eigenvalue weighted by Gasteiger charge is -2.00. The molecule has 1 aromatic heterocycles. The van der Waals surface area contributed by atoms with Crippen LogP contribution in [0.4, 0.5) is 4.39 Å². The minimum absolute atomic E-state index is 0.105. The fourth-order valence-corrected chi connectivity index (χ4v) is 1.89. The van der Waals surface area contributed by atoms with E-state index in [9.17, 15) is 4.39 Å². The average molecular weight is 230 g/mol. The number of rotatable bonds is 2. The molecule has 1 aromatic carbocycles. The maximum atomic E-state index is 13.0. The van der Waals surface area contributed by atoms with Gasteiger partial charge in [0.1, 0.15) is 12.1 Å². The second-order valence-electron chi connectivity index (χ2n) is 2.44. The molecule has 0 radical (unpaired) electrons. The topological polar surface area (TPSA) is 41.6 Å². The second kappa shape index (κ2) is 3.98. The van der Waals surface area contributed by atoms with Gasteiger partial charge in [-0.1, -0.05) is 17.7 Å². The molecule has 2 rings (SSSR count). The normalized spacial score (nSPS) is 10.4. The summed E-state index contributed by atoms with van der Waals surface area (Å²) in [5, 5.41) is 7.02. The van der Waals surface area contributed by atoms with E-state index in [1.807, 2.05) is 0 Å². The third kappa shape index (κ3) is 1.88. The molecule has 0 unspecified atom stereocenters. The van der Waals surface area contributed by atoms with E-state index in [1.54, 1.807) is 12.1 Å². The highest BCUT2D eigenvalue weighted by molar-refractivity contribution is 7.99. The number of benzene rings is 1. The van der Waals surface area contributed by atoms with Gasteiger partial charge < -0.3 is 0 Å². The van der Waals surface area contributed by atoms with E-state index >= 15 is 0 Å². The van der Waals surface area contributed by atoms with Crippen LogP contribution in [0.15, 0.2) is 34.6 Å². The molecule has 6 heteroatoms. The molecular weight excluding hydrogens is 225 g/mol. The van der Waals surface area contributed by atoms with Gasteiger partial charge in [0.15, 0.2) is 5.16 Å². The summed E-state index contributed by atoms with van der Waals surface area (Å²) in [7, 11) is 0. The van der Waals surface area contributed by atoms with Crippen LogP contribution in [0.1, 0.15) is 0 Å². The molecule has 1 N–H and O–H groups in total. The highest BCUT2D eigenvalue weighted by atomic mass is 35.5. The second-order valence-corrected chi connectivity index (χ2v) is 3.85. The van der Waals surface area contributed by atoms with Crippen molar-refractivity contribution in [2.24, 2.45) is 0 Å². The van der Waals surface area contributed by atoms with Crippen LogP contribution in [-0.2, 0) is 0 Å². The van der Waals surface area contributed by atoms with Gasteiger partial charge in [-0.25, -0.2) is 9.37 Å². The quantitative estimate of drug-likeness (QED) is 0.861. The Morgan fingerprint density at radius 2 is 2.29 bits per heavy atom. The zero-order chi connectivity index (χ0) is 9.97. The third-order valence-corrected chi connectivity index (χ3v) is 2.96. The van der Waals surface area contributed by atoms with E-state index in [-0.39, 0.29) is 5.02 Å². The molecule has 1 heterocycles. The number of nitrogens with zero attached hydrogens (tertiary/aromatic N) is 2. The Hall–Kier alpha value is -1.07. The maximum absolute atomic E-state index is 13.0. The van der Waals surface area contributed by atoms with Gasteiger partial charge in [-0.2, -0.15) is 5.10 Å². The van der Waals surface area contributed by atoms with Crippen molar-refractivity contribution >= 4 is 23.4 Å². The molecule has 0 bridgehead atoms. The predicted molar refractivity (Wildman–Crippen MR) is 51.9 cm³/mol. The van der Waals surface area contributed by atoms with Gasteiger partial charge in [0.25, 0.3) is 0 Å². The number of hydrogen-bond acceptors (Lipinski definition) is 3. The molecule has 0 saturated carbocycles. The lowest BCUT2D eigenvalue weighted by Crippen LogP contribution is -1.81. The number of aromatic amines is 1. The summed E-state index contributed by atoms with van der Waals surface area (Å²) in [5.74, 6) is -0.434. The number of aromatic nitrogens is 3. The van der Waals surface area contributed by atoms with E-state index in [2.05, 4.69) is 15.2 Å².